The summed E-state index contributed by atoms with van der Waals surface area (Å²) < 4.78 is 11.8. The highest BCUT2D eigenvalue weighted by atomic mass is 32.1. The molecule has 14 rings (SSSR count). The highest BCUT2D eigenvalue weighted by molar-refractivity contribution is 7.26. The van der Waals surface area contributed by atoms with E-state index in [1.807, 2.05) is 28.7 Å². The molecule has 0 atom stereocenters. The van der Waals surface area contributed by atoms with E-state index < -0.39 is 0 Å². The molecule has 0 fully saturated rings. The Kier molecular flexibility index (Phi) is 9.90. The van der Waals surface area contributed by atoms with E-state index in [0.29, 0.717) is 0 Å². The molecule has 0 saturated carbocycles. The van der Waals surface area contributed by atoms with Crippen molar-refractivity contribution in [2.24, 2.45) is 0 Å². The molecule has 0 N–H and O–H groups in total. The van der Waals surface area contributed by atoms with Crippen LogP contribution in [0.1, 0.15) is 0 Å². The second-order valence-corrected chi connectivity index (χ2v) is 20.1. The van der Waals surface area contributed by atoms with Crippen molar-refractivity contribution in [1.82, 2.24) is 0 Å². The zero-order valence-electron chi connectivity index (χ0n) is 38.4. The summed E-state index contributed by atoms with van der Waals surface area (Å²) in [5, 5.41) is 7.19. The maximum absolute atomic E-state index is 6.69. The van der Waals surface area contributed by atoms with Gasteiger partial charge in [0.1, 0.15) is 11.2 Å². The summed E-state index contributed by atoms with van der Waals surface area (Å²) >= 11 is 3.75. The van der Waals surface area contributed by atoms with Gasteiger partial charge in [-0.25, -0.2) is 0 Å². The molecule has 0 spiro atoms. The third kappa shape index (κ3) is 7.08. The van der Waals surface area contributed by atoms with Crippen LogP contribution in [-0.2, 0) is 0 Å². The third-order valence-electron chi connectivity index (χ3n) is 13.8. The number of para-hydroxylation sites is 4. The lowest BCUT2D eigenvalue weighted by molar-refractivity contribution is 0.670. The van der Waals surface area contributed by atoms with Crippen molar-refractivity contribution >= 4 is 119 Å². The van der Waals surface area contributed by atoms with Crippen molar-refractivity contribution in [3.8, 4) is 33.4 Å². The summed E-state index contributed by atoms with van der Waals surface area (Å²) in [4.78, 5) is 4.81. The lowest BCUT2D eigenvalue weighted by atomic mass is 9.95. The molecule has 0 aliphatic heterocycles. The Morgan fingerprint density at radius 1 is 0.268 bits per heavy atom. The monoisotopic (exact) mass is 942 g/mol. The lowest BCUT2D eigenvalue weighted by Crippen LogP contribution is -2.10. The van der Waals surface area contributed by atoms with Crippen molar-refractivity contribution in [2.45, 2.75) is 0 Å². The van der Waals surface area contributed by atoms with Gasteiger partial charge in [0, 0.05) is 102 Å². The van der Waals surface area contributed by atoms with Crippen LogP contribution in [0.5, 0.6) is 0 Å². The zero-order chi connectivity index (χ0) is 46.8. The third-order valence-corrected chi connectivity index (χ3v) is 16.2. The largest absolute Gasteiger partial charge is 0.455 e. The number of thiophene rings is 2. The Hall–Kier alpha value is -8.74. The van der Waals surface area contributed by atoms with E-state index in [9.17, 15) is 0 Å². The highest BCUT2D eigenvalue weighted by Crippen LogP contribution is 2.50. The maximum Gasteiger partial charge on any atom is 0.143 e. The van der Waals surface area contributed by atoms with Gasteiger partial charge in [-0.2, -0.15) is 0 Å². The van der Waals surface area contributed by atoms with Gasteiger partial charge in [-0.3, -0.25) is 0 Å². The first-order valence-electron chi connectivity index (χ1n) is 24.0. The first-order valence-corrected chi connectivity index (χ1v) is 25.6. The van der Waals surface area contributed by atoms with Gasteiger partial charge in [-0.1, -0.05) is 158 Å². The molecule has 0 amide bonds. The van der Waals surface area contributed by atoms with Crippen LogP contribution in [0, 0.1) is 0 Å². The molecule has 0 aliphatic rings. The highest BCUT2D eigenvalue weighted by Gasteiger charge is 2.24. The van der Waals surface area contributed by atoms with E-state index in [4.69, 9.17) is 4.42 Å². The Morgan fingerprint density at radius 3 is 1.18 bits per heavy atom. The second-order valence-electron chi connectivity index (χ2n) is 18.0. The van der Waals surface area contributed by atoms with E-state index in [1.54, 1.807) is 0 Å². The average molecular weight is 943 g/mol. The number of rotatable bonds is 9. The van der Waals surface area contributed by atoms with Crippen molar-refractivity contribution in [3.05, 3.63) is 255 Å². The van der Waals surface area contributed by atoms with Gasteiger partial charge >= 0.3 is 0 Å². The molecular weight excluding hydrogens is 901 g/mol. The van der Waals surface area contributed by atoms with Crippen LogP contribution in [0.15, 0.2) is 259 Å². The fourth-order valence-electron chi connectivity index (χ4n) is 10.6. The SMILES string of the molecule is c1ccc(-c2cc(N(c3ccccc3)c3cc(-c4cccc(-c5cc(N(c6ccccc6)c6ccccc6)cc6c5sc5ccccc56)c4)c4sc5ccccc5c4c3)cc3c2oc2ccccc23)cc1. The van der Waals surface area contributed by atoms with Gasteiger partial charge in [-0.15, -0.1) is 22.7 Å². The summed E-state index contributed by atoms with van der Waals surface area (Å²) in [6.45, 7) is 0. The molecule has 0 saturated heterocycles. The number of anilines is 6. The van der Waals surface area contributed by atoms with Crippen LogP contribution in [0.2, 0.25) is 0 Å². The molecule has 3 heterocycles. The molecule has 0 bridgehead atoms. The number of nitrogens with zero attached hydrogens (tertiary/aromatic N) is 2. The first kappa shape index (κ1) is 41.3. The van der Waals surface area contributed by atoms with Crippen molar-refractivity contribution in [2.75, 3.05) is 9.80 Å². The van der Waals surface area contributed by atoms with Crippen molar-refractivity contribution in [1.29, 1.82) is 0 Å². The van der Waals surface area contributed by atoms with Crippen LogP contribution in [0.3, 0.4) is 0 Å². The van der Waals surface area contributed by atoms with Crippen LogP contribution in [-0.4, -0.2) is 0 Å². The predicted molar refractivity (Wildman–Crippen MR) is 305 cm³/mol. The maximum atomic E-state index is 6.69. The Balaban J connectivity index is 1.01. The number of furan rings is 1. The average Bonchev–Trinajstić information content (AvgIpc) is 4.13. The summed E-state index contributed by atoms with van der Waals surface area (Å²) in [6, 6.07) is 92.4. The molecule has 334 valence electrons. The molecule has 0 aliphatic carbocycles. The zero-order valence-corrected chi connectivity index (χ0v) is 40.0. The van der Waals surface area contributed by atoms with Gasteiger partial charge in [-0.05, 0) is 114 Å². The lowest BCUT2D eigenvalue weighted by Gasteiger charge is -2.27. The van der Waals surface area contributed by atoms with Gasteiger partial charge in [0.25, 0.3) is 0 Å². The van der Waals surface area contributed by atoms with Crippen molar-refractivity contribution in [3.63, 3.8) is 0 Å². The number of fused-ring (bicyclic) bond motifs is 9. The molecule has 71 heavy (non-hydrogen) atoms. The minimum Gasteiger partial charge on any atom is -0.455 e. The minimum atomic E-state index is 0.878. The molecule has 11 aromatic carbocycles. The van der Waals surface area contributed by atoms with E-state index in [0.717, 1.165) is 72.8 Å². The number of hydrogen-bond acceptors (Lipinski definition) is 5. The van der Waals surface area contributed by atoms with Crippen LogP contribution >= 0.6 is 22.7 Å². The summed E-state index contributed by atoms with van der Waals surface area (Å²) in [5.41, 5.74) is 15.2. The predicted octanol–water partition coefficient (Wildman–Crippen LogP) is 20.3. The fraction of sp³-hybridized carbons (Fsp3) is 0. The van der Waals surface area contributed by atoms with Crippen LogP contribution < -0.4 is 9.80 Å². The summed E-state index contributed by atoms with van der Waals surface area (Å²) in [7, 11) is 0. The van der Waals surface area contributed by atoms with E-state index in [1.165, 1.54) is 57.0 Å². The van der Waals surface area contributed by atoms with E-state index >= 15 is 0 Å². The molecule has 3 aromatic heterocycles. The quantitative estimate of drug-likeness (QED) is 0.144. The smallest absolute Gasteiger partial charge is 0.143 e. The Labute approximate surface area is 419 Å². The van der Waals surface area contributed by atoms with Gasteiger partial charge in [0.05, 0.1) is 0 Å². The second kappa shape index (κ2) is 17.0. The molecular formula is C66H42N2OS2. The van der Waals surface area contributed by atoms with Crippen molar-refractivity contribution < 1.29 is 4.42 Å². The Morgan fingerprint density at radius 2 is 0.662 bits per heavy atom. The van der Waals surface area contributed by atoms with Gasteiger partial charge < -0.3 is 14.2 Å². The minimum absolute atomic E-state index is 0.878. The first-order chi connectivity index (χ1) is 35.2. The summed E-state index contributed by atoms with van der Waals surface area (Å²) in [6.07, 6.45) is 0. The summed E-state index contributed by atoms with van der Waals surface area (Å²) in [5.74, 6) is 0. The molecule has 14 aromatic rings. The van der Waals surface area contributed by atoms with Crippen LogP contribution in [0.4, 0.5) is 34.1 Å². The molecule has 0 radical (unpaired) electrons. The molecule has 3 nitrogen and oxygen atoms in total. The Bertz CT molecular complexity index is 4250. The number of benzene rings is 11. The van der Waals surface area contributed by atoms with Gasteiger partial charge in [0.15, 0.2) is 0 Å². The standard InChI is InChI=1S/C66H42N2OS2/c1-5-20-43(21-6-1)55-37-49(40-58-52-30-13-16-33-61(52)69-64(55)58)68(48-28-11-4-12-29-48)51-39-57(66-60(42-51)54-32-15-18-35-63(54)71-66)45-23-19-22-44(36-45)56-38-50(41-59-53-31-14-17-34-62(53)70-65(56)59)67(46-24-7-2-8-25-46)47-26-9-3-10-27-47/h1-42H. The fourth-order valence-corrected chi connectivity index (χ4v) is 13.0. The van der Waals surface area contributed by atoms with E-state index in [-0.39, 0.29) is 0 Å². The van der Waals surface area contributed by atoms with Gasteiger partial charge in [0.2, 0.25) is 0 Å². The topological polar surface area (TPSA) is 19.6 Å². The van der Waals surface area contributed by atoms with E-state index in [2.05, 4.69) is 259 Å². The molecule has 5 heteroatoms. The normalized spacial score (nSPS) is 11.7. The van der Waals surface area contributed by atoms with Crippen LogP contribution in [0.25, 0.3) is 95.7 Å². The number of hydrogen-bond donors (Lipinski definition) is 0. The molecule has 0 unspecified atom stereocenters.